The van der Waals surface area contributed by atoms with Gasteiger partial charge in [0.2, 0.25) is 5.91 Å². The first-order chi connectivity index (χ1) is 11.4. The highest BCUT2D eigenvalue weighted by Crippen LogP contribution is 2.08. The molecule has 0 spiro atoms. The SMILES string of the molecule is CC(C)C(=O)NCCCOCCOC(=O)Cn1cc(C(C)C)nn1. The van der Waals surface area contributed by atoms with Gasteiger partial charge in [-0.15, -0.1) is 5.10 Å². The third-order valence-electron chi connectivity index (χ3n) is 3.22. The molecule has 0 atom stereocenters. The van der Waals surface area contributed by atoms with Gasteiger partial charge in [-0.05, 0) is 12.3 Å². The zero-order valence-electron chi connectivity index (χ0n) is 14.9. The molecule has 8 nitrogen and oxygen atoms in total. The van der Waals surface area contributed by atoms with Gasteiger partial charge >= 0.3 is 5.97 Å². The Morgan fingerprint density at radius 1 is 1.21 bits per heavy atom. The molecule has 0 radical (unpaired) electrons. The summed E-state index contributed by atoms with van der Waals surface area (Å²) in [7, 11) is 0. The molecule has 0 bridgehead atoms. The van der Waals surface area contributed by atoms with E-state index in [0.29, 0.717) is 19.8 Å². The molecule has 1 heterocycles. The molecule has 0 fully saturated rings. The molecule has 0 unspecified atom stereocenters. The molecule has 136 valence electrons. The second-order valence-corrected chi connectivity index (χ2v) is 6.13. The van der Waals surface area contributed by atoms with Crippen LogP contribution in [0.1, 0.15) is 45.7 Å². The maximum atomic E-state index is 11.7. The van der Waals surface area contributed by atoms with Crippen molar-refractivity contribution in [2.75, 3.05) is 26.4 Å². The number of hydrogen-bond acceptors (Lipinski definition) is 6. The monoisotopic (exact) mass is 340 g/mol. The van der Waals surface area contributed by atoms with Gasteiger partial charge in [-0.3, -0.25) is 9.59 Å². The topological polar surface area (TPSA) is 95.3 Å². The van der Waals surface area contributed by atoms with E-state index >= 15 is 0 Å². The second kappa shape index (κ2) is 10.7. The van der Waals surface area contributed by atoms with Crippen LogP contribution < -0.4 is 5.32 Å². The number of amides is 1. The lowest BCUT2D eigenvalue weighted by atomic mass is 10.2. The summed E-state index contributed by atoms with van der Waals surface area (Å²) in [5, 5.41) is 10.7. The van der Waals surface area contributed by atoms with Crippen LogP contribution in [0.4, 0.5) is 0 Å². The first-order valence-electron chi connectivity index (χ1n) is 8.31. The normalized spacial score (nSPS) is 11.1. The fourth-order valence-electron chi connectivity index (χ4n) is 1.74. The molecule has 0 aromatic carbocycles. The van der Waals surface area contributed by atoms with E-state index in [4.69, 9.17) is 9.47 Å². The number of rotatable bonds is 11. The molecule has 0 aliphatic carbocycles. The zero-order chi connectivity index (χ0) is 17.9. The summed E-state index contributed by atoms with van der Waals surface area (Å²) in [5.74, 6) is -0.0684. The van der Waals surface area contributed by atoms with E-state index in [2.05, 4.69) is 15.6 Å². The number of carbonyl (C=O) groups is 2. The van der Waals surface area contributed by atoms with Crippen LogP contribution in [0.2, 0.25) is 0 Å². The molecule has 1 N–H and O–H groups in total. The second-order valence-electron chi connectivity index (χ2n) is 6.13. The van der Waals surface area contributed by atoms with Crippen LogP contribution in [0.25, 0.3) is 0 Å². The van der Waals surface area contributed by atoms with Gasteiger partial charge in [-0.25, -0.2) is 4.68 Å². The maximum absolute atomic E-state index is 11.7. The Morgan fingerprint density at radius 2 is 1.96 bits per heavy atom. The lowest BCUT2D eigenvalue weighted by molar-refractivity contribution is -0.146. The Bertz CT molecular complexity index is 514. The van der Waals surface area contributed by atoms with Gasteiger partial charge in [-0.2, -0.15) is 0 Å². The molecule has 1 rings (SSSR count). The van der Waals surface area contributed by atoms with Crippen molar-refractivity contribution in [3.8, 4) is 0 Å². The van der Waals surface area contributed by atoms with Crippen molar-refractivity contribution in [3.63, 3.8) is 0 Å². The van der Waals surface area contributed by atoms with Gasteiger partial charge in [0, 0.05) is 25.3 Å². The molecule has 1 aromatic heterocycles. The third kappa shape index (κ3) is 8.05. The van der Waals surface area contributed by atoms with Crippen LogP contribution in [0.3, 0.4) is 0 Å². The van der Waals surface area contributed by atoms with Crippen molar-refractivity contribution < 1.29 is 19.1 Å². The van der Waals surface area contributed by atoms with Crippen LogP contribution in [0.5, 0.6) is 0 Å². The molecular weight excluding hydrogens is 312 g/mol. The molecular formula is C16H28N4O4. The Morgan fingerprint density at radius 3 is 2.58 bits per heavy atom. The van der Waals surface area contributed by atoms with Crippen LogP contribution in [-0.2, 0) is 25.6 Å². The number of esters is 1. The smallest absolute Gasteiger partial charge is 0.327 e. The molecule has 0 saturated heterocycles. The van der Waals surface area contributed by atoms with Crippen molar-refractivity contribution in [2.24, 2.45) is 5.92 Å². The quantitative estimate of drug-likeness (QED) is 0.479. The largest absolute Gasteiger partial charge is 0.462 e. The zero-order valence-corrected chi connectivity index (χ0v) is 14.9. The van der Waals surface area contributed by atoms with Gasteiger partial charge in [0.05, 0.1) is 12.3 Å². The van der Waals surface area contributed by atoms with Gasteiger partial charge < -0.3 is 14.8 Å². The van der Waals surface area contributed by atoms with Crippen molar-refractivity contribution in [2.45, 2.75) is 46.6 Å². The lowest BCUT2D eigenvalue weighted by Crippen LogP contribution is -2.29. The molecule has 0 aliphatic rings. The Kier molecular flexibility index (Phi) is 8.99. The molecule has 24 heavy (non-hydrogen) atoms. The Balaban J connectivity index is 2.02. The molecule has 1 aromatic rings. The Labute approximate surface area is 142 Å². The van der Waals surface area contributed by atoms with Crippen LogP contribution in [-0.4, -0.2) is 53.2 Å². The summed E-state index contributed by atoms with van der Waals surface area (Å²) < 4.78 is 11.9. The lowest BCUT2D eigenvalue weighted by Gasteiger charge is -2.08. The average Bonchev–Trinajstić information content (AvgIpc) is 2.98. The van der Waals surface area contributed by atoms with E-state index in [1.54, 1.807) is 6.20 Å². The highest BCUT2D eigenvalue weighted by molar-refractivity contribution is 5.77. The van der Waals surface area contributed by atoms with E-state index in [1.807, 2.05) is 27.7 Å². The summed E-state index contributed by atoms with van der Waals surface area (Å²) in [5.41, 5.74) is 0.843. The molecule has 8 heteroatoms. The van der Waals surface area contributed by atoms with E-state index in [9.17, 15) is 9.59 Å². The predicted molar refractivity (Wildman–Crippen MR) is 88.4 cm³/mol. The fraction of sp³-hybridized carbons (Fsp3) is 0.750. The van der Waals surface area contributed by atoms with E-state index in [0.717, 1.165) is 12.1 Å². The van der Waals surface area contributed by atoms with Crippen LogP contribution in [0.15, 0.2) is 6.20 Å². The summed E-state index contributed by atoms with van der Waals surface area (Å²) in [6.07, 6.45) is 2.47. The number of aromatic nitrogens is 3. The van der Waals surface area contributed by atoms with E-state index in [1.165, 1.54) is 4.68 Å². The summed E-state index contributed by atoms with van der Waals surface area (Å²) in [6.45, 7) is 9.39. The van der Waals surface area contributed by atoms with E-state index in [-0.39, 0.29) is 36.9 Å². The fourth-order valence-corrected chi connectivity index (χ4v) is 1.74. The number of carbonyl (C=O) groups excluding carboxylic acids is 2. The Hall–Kier alpha value is -1.96. The van der Waals surface area contributed by atoms with Gasteiger partial charge in [0.1, 0.15) is 13.2 Å². The van der Waals surface area contributed by atoms with Crippen molar-refractivity contribution in [1.82, 2.24) is 20.3 Å². The number of ether oxygens (including phenoxy) is 2. The first-order valence-corrected chi connectivity index (χ1v) is 8.31. The van der Waals surface area contributed by atoms with Gasteiger partial charge in [-0.1, -0.05) is 32.9 Å². The molecule has 0 aliphatic heterocycles. The third-order valence-corrected chi connectivity index (χ3v) is 3.22. The average molecular weight is 340 g/mol. The number of nitrogens with one attached hydrogen (secondary N) is 1. The summed E-state index contributed by atoms with van der Waals surface area (Å²) in [6, 6.07) is 0. The van der Waals surface area contributed by atoms with Crippen molar-refractivity contribution in [3.05, 3.63) is 11.9 Å². The van der Waals surface area contributed by atoms with E-state index < -0.39 is 0 Å². The summed E-state index contributed by atoms with van der Waals surface area (Å²) in [4.78, 5) is 23.0. The minimum atomic E-state index is -0.372. The molecule has 0 saturated carbocycles. The minimum absolute atomic E-state index is 0.00747. The number of hydrogen-bond donors (Lipinski definition) is 1. The summed E-state index contributed by atoms with van der Waals surface area (Å²) >= 11 is 0. The van der Waals surface area contributed by atoms with Crippen molar-refractivity contribution >= 4 is 11.9 Å². The number of nitrogens with zero attached hydrogens (tertiary/aromatic N) is 3. The molecule has 1 amide bonds. The van der Waals surface area contributed by atoms with Crippen LogP contribution >= 0.6 is 0 Å². The standard InChI is InChI=1S/C16H28N4O4/c1-12(2)14-10-20(19-18-14)11-15(21)24-9-8-23-7-5-6-17-16(22)13(3)4/h10,12-13H,5-9,11H2,1-4H3,(H,17,22). The predicted octanol–water partition coefficient (Wildman–Crippen LogP) is 1.12. The van der Waals surface area contributed by atoms with Crippen LogP contribution in [0, 0.1) is 5.92 Å². The highest BCUT2D eigenvalue weighted by Gasteiger charge is 2.09. The first kappa shape index (κ1) is 20.1. The maximum Gasteiger partial charge on any atom is 0.327 e. The minimum Gasteiger partial charge on any atom is -0.462 e. The van der Waals surface area contributed by atoms with Gasteiger partial charge in [0.15, 0.2) is 0 Å². The van der Waals surface area contributed by atoms with Gasteiger partial charge in [0.25, 0.3) is 0 Å². The van der Waals surface area contributed by atoms with Crippen molar-refractivity contribution in [1.29, 1.82) is 0 Å². The highest BCUT2D eigenvalue weighted by atomic mass is 16.6.